The highest BCUT2D eigenvalue weighted by Crippen LogP contribution is 2.26. The van der Waals surface area contributed by atoms with Crippen molar-refractivity contribution < 1.29 is 68.1 Å². The Hall–Kier alpha value is -5.37. The quantitative estimate of drug-likeness (QED) is 0.165. The van der Waals surface area contributed by atoms with E-state index < -0.39 is 55.1 Å². The molecule has 0 N–H and O–H groups in total. The van der Waals surface area contributed by atoms with E-state index in [-0.39, 0.29) is 0 Å². The van der Waals surface area contributed by atoms with Gasteiger partial charge in [0.1, 0.15) is 0 Å². The number of carbonyl (C=O) groups excluding carboxylic acids is 3. The molecule has 3 atom stereocenters. The molecule has 26 heteroatoms. The van der Waals surface area contributed by atoms with Gasteiger partial charge in [0.05, 0.1) is 17.1 Å². The maximum absolute atomic E-state index is 12.4. The fourth-order valence-electron chi connectivity index (χ4n) is 7.35. The van der Waals surface area contributed by atoms with Crippen LogP contribution < -0.4 is 0 Å². The molecule has 3 aromatic heterocycles. The summed E-state index contributed by atoms with van der Waals surface area (Å²) in [6.07, 6.45) is -20.7. The molecule has 3 amide bonds. The van der Waals surface area contributed by atoms with Gasteiger partial charge in [-0.3, -0.25) is 29.0 Å². The van der Waals surface area contributed by atoms with Crippen LogP contribution in [-0.4, -0.2) is 188 Å². The number of halogens is 9. The van der Waals surface area contributed by atoms with Crippen molar-refractivity contribution in [3.05, 3.63) is 64.0 Å². The van der Waals surface area contributed by atoms with Gasteiger partial charge in [0, 0.05) is 135 Å². The fourth-order valence-corrected chi connectivity index (χ4v) is 7.35. The zero-order chi connectivity index (χ0) is 52.3. The van der Waals surface area contributed by atoms with E-state index in [1.807, 2.05) is 66.2 Å². The molecule has 0 saturated carbocycles. The van der Waals surface area contributed by atoms with Gasteiger partial charge in [-0.1, -0.05) is 6.07 Å². The number of rotatable bonds is 9. The molecule has 3 fully saturated rings. The molecular formula is C44H64F9N11O6. The normalized spacial score (nSPS) is 17.9. The molecule has 6 rings (SSSR count). The Labute approximate surface area is 401 Å². The molecule has 17 nitrogen and oxygen atoms in total. The van der Waals surface area contributed by atoms with E-state index in [1.165, 1.54) is 14.7 Å². The number of pyridine rings is 1. The lowest BCUT2D eigenvalue weighted by Crippen LogP contribution is -2.49. The average molecular weight is 1010 g/mol. The van der Waals surface area contributed by atoms with E-state index in [1.54, 1.807) is 9.36 Å². The largest absolute Gasteiger partial charge is 0.437 e. The Morgan fingerprint density at radius 2 is 0.900 bits per heavy atom. The zero-order valence-corrected chi connectivity index (χ0v) is 40.9. The molecule has 0 bridgehead atoms. The second kappa shape index (κ2) is 24.6. The number of hydrogen-bond acceptors (Lipinski definition) is 12. The summed E-state index contributed by atoms with van der Waals surface area (Å²) in [4.78, 5) is 50.1. The molecule has 0 aromatic carbocycles. The van der Waals surface area contributed by atoms with Crippen LogP contribution in [0.1, 0.15) is 60.4 Å². The van der Waals surface area contributed by atoms with Gasteiger partial charge >= 0.3 is 36.8 Å². The van der Waals surface area contributed by atoms with Gasteiger partial charge in [0.15, 0.2) is 18.3 Å². The van der Waals surface area contributed by atoms with E-state index in [0.29, 0.717) is 98.2 Å². The zero-order valence-electron chi connectivity index (χ0n) is 40.9. The smallest absolute Gasteiger partial charge is 0.425 e. The maximum Gasteiger partial charge on any atom is 0.425 e. The third kappa shape index (κ3) is 17.8. The summed E-state index contributed by atoms with van der Waals surface area (Å²) in [6, 6.07) is 5.98. The first-order chi connectivity index (χ1) is 32.5. The van der Waals surface area contributed by atoms with Crippen LogP contribution in [0.3, 0.4) is 0 Å². The number of nitrogens with zero attached hydrogens (tertiary/aromatic N) is 11. The minimum Gasteiger partial charge on any atom is -0.437 e. The van der Waals surface area contributed by atoms with Crippen LogP contribution in [0.4, 0.5) is 53.9 Å². The minimum absolute atomic E-state index is 0.347. The van der Waals surface area contributed by atoms with Gasteiger partial charge in [-0.05, 0) is 66.2 Å². The van der Waals surface area contributed by atoms with E-state index in [0.717, 1.165) is 60.4 Å². The van der Waals surface area contributed by atoms with Gasteiger partial charge < -0.3 is 28.9 Å². The molecule has 3 saturated heterocycles. The standard InChI is InChI=1S/C16H22F3N3O2.2C14H21F3N4O2/c1-11-4-5-14(12(2)20-11)10-21-6-8-22(9-7-21)15(23)24-13(3)16(17,18)19;1-10-12(8-19(3)18-10)9-20-4-6-21(7-5-20)13(22)23-11(2)14(15,16)17;1-10-8-12(19(3)18-10)9-20-4-6-21(7-5-20)13(22)23-11(2)14(15,16)17/h4-5,13H,6-10H2,1-3H3;2*8,11H,4-7,9H2,1-3H3. The maximum atomic E-state index is 12.4. The highest BCUT2D eigenvalue weighted by Gasteiger charge is 2.42. The van der Waals surface area contributed by atoms with Crippen molar-refractivity contribution in [3.8, 4) is 0 Å². The number of alkyl halides is 9. The monoisotopic (exact) mass is 1010 g/mol. The average Bonchev–Trinajstić information content (AvgIpc) is 3.77. The summed E-state index contributed by atoms with van der Waals surface area (Å²) >= 11 is 0. The molecule has 0 radical (unpaired) electrons. The van der Waals surface area contributed by atoms with Crippen molar-refractivity contribution in [2.45, 2.75) is 105 Å². The van der Waals surface area contributed by atoms with E-state index in [4.69, 9.17) is 0 Å². The second-order valence-electron chi connectivity index (χ2n) is 17.5. The summed E-state index contributed by atoms with van der Waals surface area (Å²) in [6.45, 7) is 18.0. The Morgan fingerprint density at radius 3 is 1.21 bits per heavy atom. The van der Waals surface area contributed by atoms with Crippen molar-refractivity contribution in [3.63, 3.8) is 0 Å². The van der Waals surface area contributed by atoms with Crippen molar-refractivity contribution in [2.75, 3.05) is 78.5 Å². The van der Waals surface area contributed by atoms with E-state index >= 15 is 0 Å². The van der Waals surface area contributed by atoms with Gasteiger partial charge in [-0.15, -0.1) is 0 Å². The summed E-state index contributed by atoms with van der Waals surface area (Å²) in [5, 5.41) is 8.55. The van der Waals surface area contributed by atoms with Crippen LogP contribution >= 0.6 is 0 Å². The summed E-state index contributed by atoms with van der Waals surface area (Å²) in [7, 11) is 3.72. The number of carbonyl (C=O) groups is 3. The molecule has 3 unspecified atom stereocenters. The van der Waals surface area contributed by atoms with Crippen molar-refractivity contribution >= 4 is 18.3 Å². The first kappa shape index (κ1) is 57.2. The van der Waals surface area contributed by atoms with Crippen LogP contribution in [0.25, 0.3) is 0 Å². The van der Waals surface area contributed by atoms with Crippen molar-refractivity contribution in [1.29, 1.82) is 0 Å². The van der Waals surface area contributed by atoms with E-state index in [9.17, 15) is 53.9 Å². The van der Waals surface area contributed by atoms with Gasteiger partial charge in [0.25, 0.3) is 0 Å². The molecule has 0 spiro atoms. The first-order valence-electron chi connectivity index (χ1n) is 22.7. The Morgan fingerprint density at radius 1 is 0.529 bits per heavy atom. The molecule has 394 valence electrons. The van der Waals surface area contributed by atoms with E-state index in [2.05, 4.69) is 44.1 Å². The molecule has 0 aliphatic carbocycles. The van der Waals surface area contributed by atoms with Gasteiger partial charge in [-0.25, -0.2) is 14.4 Å². The summed E-state index contributed by atoms with van der Waals surface area (Å²) in [5.74, 6) is 0. The molecule has 3 aromatic rings. The topological polar surface area (TPSA) is 147 Å². The SMILES string of the molecule is Cc1cc(CN2CCN(C(=O)OC(C)C(F)(F)F)CC2)n(C)n1.Cc1ccc(CN2CCN(C(=O)OC(C)C(F)(F)F)CC2)c(C)n1.Cc1nn(C)cc1CN1CCN(C(=O)OC(C)C(F)(F)F)CC1. The van der Waals surface area contributed by atoms with Crippen molar-refractivity contribution in [2.24, 2.45) is 14.1 Å². The number of piperazine rings is 3. The lowest BCUT2D eigenvalue weighted by molar-refractivity contribution is -0.200. The van der Waals surface area contributed by atoms with Crippen molar-refractivity contribution in [1.82, 2.24) is 53.9 Å². The molecule has 3 aliphatic heterocycles. The van der Waals surface area contributed by atoms with Gasteiger partial charge in [-0.2, -0.15) is 49.7 Å². The predicted octanol–water partition coefficient (Wildman–Crippen LogP) is 6.77. The van der Waals surface area contributed by atoms with Crippen LogP contribution in [0, 0.1) is 27.7 Å². The second-order valence-corrected chi connectivity index (χ2v) is 17.5. The molecule has 70 heavy (non-hydrogen) atoms. The highest BCUT2D eigenvalue weighted by molar-refractivity contribution is 5.69. The molecule has 6 heterocycles. The third-order valence-corrected chi connectivity index (χ3v) is 11.8. The minimum atomic E-state index is -4.53. The number of hydrogen-bond donors (Lipinski definition) is 0. The Kier molecular flexibility index (Phi) is 20.1. The third-order valence-electron chi connectivity index (χ3n) is 11.8. The number of ether oxygens (including phenoxy) is 3. The van der Waals surface area contributed by atoms with Crippen LogP contribution in [0.2, 0.25) is 0 Å². The Balaban J connectivity index is 0.000000228. The lowest BCUT2D eigenvalue weighted by Gasteiger charge is -2.34. The Bertz CT molecular complexity index is 2060. The number of aryl methyl sites for hydroxylation is 6. The molecular weight excluding hydrogens is 950 g/mol. The first-order valence-corrected chi connectivity index (χ1v) is 22.7. The predicted molar refractivity (Wildman–Crippen MR) is 236 cm³/mol. The van der Waals surface area contributed by atoms with Crippen LogP contribution in [0.5, 0.6) is 0 Å². The number of amides is 3. The van der Waals surface area contributed by atoms with Gasteiger partial charge in [0.2, 0.25) is 0 Å². The molecule has 3 aliphatic rings. The van der Waals surface area contributed by atoms with Crippen LogP contribution in [-0.2, 0) is 47.9 Å². The van der Waals surface area contributed by atoms with Crippen LogP contribution in [0.15, 0.2) is 24.4 Å². The highest BCUT2D eigenvalue weighted by atomic mass is 19.4. The lowest BCUT2D eigenvalue weighted by atomic mass is 10.1. The summed E-state index contributed by atoms with van der Waals surface area (Å²) in [5.41, 5.74) is 7.10. The number of aromatic nitrogens is 5. The summed E-state index contributed by atoms with van der Waals surface area (Å²) < 4.78 is 129. The fraction of sp³-hybridized carbons (Fsp3) is 0.682.